The molecule has 0 aliphatic rings. The summed E-state index contributed by atoms with van der Waals surface area (Å²) in [6.45, 7) is 5.38. The van der Waals surface area contributed by atoms with Gasteiger partial charge in [-0.25, -0.2) is 0 Å². The van der Waals surface area contributed by atoms with Gasteiger partial charge < -0.3 is 5.73 Å². The van der Waals surface area contributed by atoms with E-state index >= 15 is 0 Å². The first-order valence-corrected chi connectivity index (χ1v) is 14.2. The zero-order valence-corrected chi connectivity index (χ0v) is 17.2. The van der Waals surface area contributed by atoms with Crippen LogP contribution in [-0.2, 0) is 0 Å². The van der Waals surface area contributed by atoms with Crippen molar-refractivity contribution in [1.29, 1.82) is 0 Å². The van der Waals surface area contributed by atoms with E-state index in [2.05, 4.69) is 13.1 Å². The summed E-state index contributed by atoms with van der Waals surface area (Å²) in [7, 11) is -1.30. The zero-order chi connectivity index (χ0) is 16.5. The van der Waals surface area contributed by atoms with Gasteiger partial charge in [0.15, 0.2) is 0 Å². The summed E-state index contributed by atoms with van der Waals surface area (Å²) < 4.78 is 0. The topological polar surface area (TPSA) is 26.0 Å². The van der Waals surface area contributed by atoms with Crippen LogP contribution in [0, 0.1) is 0 Å². The van der Waals surface area contributed by atoms with E-state index in [1.807, 2.05) is 0 Å². The predicted molar refractivity (Wildman–Crippen MR) is 106 cm³/mol. The normalized spacial score (nSPS) is 12.0. The predicted octanol–water partition coefficient (Wildman–Crippen LogP) is 7.24. The molecule has 3 heteroatoms. The molecule has 0 saturated heterocycles. The second kappa shape index (κ2) is 16.3. The SMILES string of the molecule is C[Si](C)(Cl)CCCCCCCCCCCCCCCCCN. The second-order valence-corrected chi connectivity index (χ2v) is 14.6. The standard InChI is InChI=1S/C19H42ClNSi/c1-22(2,20)19-17-15-13-11-9-7-5-3-4-6-8-10-12-14-16-18-21/h3-19,21H2,1-2H3. The molecule has 0 aromatic rings. The molecular formula is C19H42ClNSi. The van der Waals surface area contributed by atoms with Gasteiger partial charge in [0.05, 0.1) is 0 Å². The lowest BCUT2D eigenvalue weighted by atomic mass is 10.0. The van der Waals surface area contributed by atoms with E-state index in [9.17, 15) is 0 Å². The molecule has 0 atom stereocenters. The highest BCUT2D eigenvalue weighted by Gasteiger charge is 2.15. The Hall–Kier alpha value is 0.467. The summed E-state index contributed by atoms with van der Waals surface area (Å²) in [5, 5.41) is 0. The van der Waals surface area contributed by atoms with Crippen LogP contribution in [0.25, 0.3) is 0 Å². The van der Waals surface area contributed by atoms with Crippen LogP contribution in [0.4, 0.5) is 0 Å². The van der Waals surface area contributed by atoms with E-state index in [1.165, 1.54) is 102 Å². The molecule has 0 unspecified atom stereocenters. The average Bonchev–Trinajstić information content (AvgIpc) is 2.45. The van der Waals surface area contributed by atoms with Crippen LogP contribution >= 0.6 is 11.1 Å². The molecule has 2 N–H and O–H groups in total. The average molecular weight is 348 g/mol. The van der Waals surface area contributed by atoms with E-state index in [4.69, 9.17) is 16.8 Å². The van der Waals surface area contributed by atoms with Crippen molar-refractivity contribution in [1.82, 2.24) is 0 Å². The lowest BCUT2D eigenvalue weighted by Crippen LogP contribution is -2.14. The third kappa shape index (κ3) is 20.5. The number of nitrogens with two attached hydrogens (primary N) is 1. The van der Waals surface area contributed by atoms with Gasteiger partial charge in [0.1, 0.15) is 7.38 Å². The Labute approximate surface area is 146 Å². The van der Waals surface area contributed by atoms with Gasteiger partial charge in [-0.15, -0.1) is 0 Å². The van der Waals surface area contributed by atoms with Gasteiger partial charge in [-0.05, 0) is 19.0 Å². The first-order chi connectivity index (χ1) is 10.6. The van der Waals surface area contributed by atoms with E-state index in [1.54, 1.807) is 0 Å². The molecule has 0 rings (SSSR count). The molecule has 0 aliphatic carbocycles. The van der Waals surface area contributed by atoms with E-state index in [0.29, 0.717) is 0 Å². The molecule has 0 fully saturated rings. The molecule has 0 bridgehead atoms. The highest BCUT2D eigenvalue weighted by molar-refractivity contribution is 7.19. The lowest BCUT2D eigenvalue weighted by molar-refractivity contribution is 0.533. The maximum absolute atomic E-state index is 6.33. The van der Waals surface area contributed by atoms with Gasteiger partial charge in [-0.3, -0.25) is 0 Å². The first-order valence-electron chi connectivity index (χ1n) is 9.95. The van der Waals surface area contributed by atoms with Crippen molar-refractivity contribution in [2.75, 3.05) is 6.54 Å². The number of rotatable bonds is 17. The van der Waals surface area contributed by atoms with Crippen LogP contribution in [0.3, 0.4) is 0 Å². The number of halogens is 1. The third-order valence-corrected chi connectivity index (χ3v) is 6.58. The minimum atomic E-state index is -1.30. The van der Waals surface area contributed by atoms with Crippen LogP contribution in [0.2, 0.25) is 19.1 Å². The molecule has 0 aliphatic heterocycles. The van der Waals surface area contributed by atoms with Gasteiger partial charge >= 0.3 is 0 Å². The summed E-state index contributed by atoms with van der Waals surface area (Å²) in [5.74, 6) is 0. The molecule has 134 valence electrons. The molecule has 0 heterocycles. The number of unbranched alkanes of at least 4 members (excludes halogenated alkanes) is 14. The second-order valence-electron chi connectivity index (χ2n) is 7.56. The van der Waals surface area contributed by atoms with E-state index < -0.39 is 7.38 Å². The smallest absolute Gasteiger partial charge is 0.150 e. The maximum atomic E-state index is 6.33. The summed E-state index contributed by atoms with van der Waals surface area (Å²) in [5.41, 5.74) is 5.50. The van der Waals surface area contributed by atoms with E-state index in [-0.39, 0.29) is 0 Å². The van der Waals surface area contributed by atoms with E-state index in [0.717, 1.165) is 6.54 Å². The Morgan fingerprint density at radius 1 is 0.545 bits per heavy atom. The molecule has 0 amide bonds. The van der Waals surface area contributed by atoms with Gasteiger partial charge in [-0.1, -0.05) is 103 Å². The molecule has 0 aromatic heterocycles. The lowest BCUT2D eigenvalue weighted by Gasteiger charge is -2.11. The molecule has 0 radical (unpaired) electrons. The summed E-state index contributed by atoms with van der Waals surface area (Å²) in [4.78, 5) is 0. The van der Waals surface area contributed by atoms with Crippen molar-refractivity contribution < 1.29 is 0 Å². The first kappa shape index (κ1) is 22.5. The van der Waals surface area contributed by atoms with Crippen molar-refractivity contribution in [3.8, 4) is 0 Å². The van der Waals surface area contributed by atoms with Crippen LogP contribution < -0.4 is 5.73 Å². The third-order valence-electron chi connectivity index (χ3n) is 4.48. The van der Waals surface area contributed by atoms with Crippen molar-refractivity contribution in [3.63, 3.8) is 0 Å². The van der Waals surface area contributed by atoms with Gasteiger partial charge in [0, 0.05) is 0 Å². The van der Waals surface area contributed by atoms with Gasteiger partial charge in [0.2, 0.25) is 0 Å². The molecular weight excluding hydrogens is 306 g/mol. The fourth-order valence-electron chi connectivity index (χ4n) is 2.99. The van der Waals surface area contributed by atoms with Crippen molar-refractivity contribution in [2.24, 2.45) is 5.73 Å². The Bertz CT molecular complexity index is 216. The quantitative estimate of drug-likeness (QED) is 0.167. The van der Waals surface area contributed by atoms with Crippen molar-refractivity contribution in [2.45, 2.75) is 115 Å². The Kier molecular flexibility index (Phi) is 16.7. The minimum absolute atomic E-state index is 0.867. The highest BCUT2D eigenvalue weighted by atomic mass is 35.6. The zero-order valence-electron chi connectivity index (χ0n) is 15.5. The van der Waals surface area contributed by atoms with Crippen LogP contribution in [-0.4, -0.2) is 13.9 Å². The highest BCUT2D eigenvalue weighted by Crippen LogP contribution is 2.19. The minimum Gasteiger partial charge on any atom is -0.330 e. The monoisotopic (exact) mass is 347 g/mol. The molecule has 0 spiro atoms. The van der Waals surface area contributed by atoms with Crippen molar-refractivity contribution >= 4 is 18.5 Å². The fraction of sp³-hybridized carbons (Fsp3) is 1.00. The largest absolute Gasteiger partial charge is 0.330 e. The molecule has 0 aromatic carbocycles. The number of hydrogen-bond acceptors (Lipinski definition) is 1. The van der Waals surface area contributed by atoms with Gasteiger partial charge in [-0.2, -0.15) is 11.1 Å². The Morgan fingerprint density at radius 2 is 0.818 bits per heavy atom. The number of hydrogen-bond donors (Lipinski definition) is 1. The van der Waals surface area contributed by atoms with Gasteiger partial charge in [0.25, 0.3) is 0 Å². The van der Waals surface area contributed by atoms with Crippen LogP contribution in [0.5, 0.6) is 0 Å². The summed E-state index contributed by atoms with van der Waals surface area (Å²) >= 11 is 6.33. The summed E-state index contributed by atoms with van der Waals surface area (Å²) in [6.07, 6.45) is 21.1. The fourth-order valence-corrected chi connectivity index (χ4v) is 4.48. The summed E-state index contributed by atoms with van der Waals surface area (Å²) in [6, 6.07) is 1.29. The van der Waals surface area contributed by atoms with Crippen molar-refractivity contribution in [3.05, 3.63) is 0 Å². The van der Waals surface area contributed by atoms with Crippen LogP contribution in [0.15, 0.2) is 0 Å². The molecule has 1 nitrogen and oxygen atoms in total. The maximum Gasteiger partial charge on any atom is 0.150 e. The Morgan fingerprint density at radius 3 is 1.09 bits per heavy atom. The molecule has 0 saturated carbocycles. The van der Waals surface area contributed by atoms with Crippen LogP contribution in [0.1, 0.15) is 96.3 Å². The Balaban J connectivity index is 3.00. The molecule has 22 heavy (non-hydrogen) atoms.